The molecule has 1 aliphatic heterocycles. The zero-order valence-electron chi connectivity index (χ0n) is 8.59. The summed E-state index contributed by atoms with van der Waals surface area (Å²) < 4.78 is 27.9. The molecule has 1 aliphatic rings. The van der Waals surface area contributed by atoms with Crippen LogP contribution in [-0.2, 0) is 9.84 Å². The van der Waals surface area contributed by atoms with Crippen molar-refractivity contribution in [3.05, 3.63) is 18.2 Å². The number of hydrogen-bond acceptors (Lipinski definition) is 5. The Bertz CT molecular complexity index is 498. The lowest BCUT2D eigenvalue weighted by atomic mass is 10.2. The van der Waals surface area contributed by atoms with Crippen molar-refractivity contribution in [1.29, 1.82) is 0 Å². The van der Waals surface area contributed by atoms with Gasteiger partial charge in [0.2, 0.25) is 0 Å². The van der Waals surface area contributed by atoms with Crippen molar-refractivity contribution in [2.24, 2.45) is 0 Å². The number of nitrogen functional groups attached to an aromatic ring is 1. The molecule has 88 valence electrons. The van der Waals surface area contributed by atoms with Crippen LogP contribution < -0.4 is 10.5 Å². The fourth-order valence-electron chi connectivity index (χ4n) is 1.67. The largest absolute Gasteiger partial charge is 0.506 e. The highest BCUT2D eigenvalue weighted by Gasteiger charge is 2.29. The molecule has 1 saturated heterocycles. The molecule has 2 rings (SSSR count). The van der Waals surface area contributed by atoms with Gasteiger partial charge < -0.3 is 15.6 Å². The van der Waals surface area contributed by atoms with Gasteiger partial charge in [0.1, 0.15) is 23.3 Å². The molecule has 0 aromatic heterocycles. The van der Waals surface area contributed by atoms with Crippen LogP contribution in [-0.4, -0.2) is 31.1 Å². The van der Waals surface area contributed by atoms with E-state index in [4.69, 9.17) is 10.5 Å². The lowest BCUT2D eigenvalue weighted by Crippen LogP contribution is -2.18. The van der Waals surface area contributed by atoms with Gasteiger partial charge in [0.15, 0.2) is 9.84 Å². The lowest BCUT2D eigenvalue weighted by molar-refractivity contribution is 0.229. The van der Waals surface area contributed by atoms with Crippen molar-refractivity contribution in [2.75, 3.05) is 17.2 Å². The normalized spacial score (nSPS) is 23.1. The van der Waals surface area contributed by atoms with Gasteiger partial charge in [0.25, 0.3) is 0 Å². The summed E-state index contributed by atoms with van der Waals surface area (Å²) in [6.07, 6.45) is 0.103. The van der Waals surface area contributed by atoms with Gasteiger partial charge in [-0.05, 0) is 18.6 Å². The van der Waals surface area contributed by atoms with E-state index in [0.29, 0.717) is 12.2 Å². The molecule has 1 atom stereocenters. The minimum atomic E-state index is -2.97. The number of aromatic hydroxyl groups is 1. The Labute approximate surface area is 93.8 Å². The first kappa shape index (κ1) is 11.1. The second kappa shape index (κ2) is 3.86. The first-order valence-corrected chi connectivity index (χ1v) is 6.74. The monoisotopic (exact) mass is 243 g/mol. The molecule has 6 heteroatoms. The van der Waals surface area contributed by atoms with Crippen molar-refractivity contribution in [1.82, 2.24) is 0 Å². The number of sulfone groups is 1. The number of ether oxygens (including phenoxy) is 1. The zero-order valence-corrected chi connectivity index (χ0v) is 9.40. The molecule has 5 nitrogen and oxygen atoms in total. The quantitative estimate of drug-likeness (QED) is 0.584. The highest BCUT2D eigenvalue weighted by Crippen LogP contribution is 2.32. The zero-order chi connectivity index (χ0) is 11.8. The summed E-state index contributed by atoms with van der Waals surface area (Å²) in [7, 11) is -2.97. The average Bonchev–Trinajstić information content (AvgIpc) is 2.53. The number of phenolic OH excluding ortho intramolecular Hbond substituents is 1. The maximum absolute atomic E-state index is 11.2. The van der Waals surface area contributed by atoms with Gasteiger partial charge in [-0.25, -0.2) is 8.42 Å². The van der Waals surface area contributed by atoms with Crippen LogP contribution in [0, 0.1) is 0 Å². The third kappa shape index (κ3) is 2.21. The van der Waals surface area contributed by atoms with Crippen molar-refractivity contribution in [3.8, 4) is 11.5 Å². The number of phenols is 1. The third-order valence-corrected chi connectivity index (χ3v) is 4.26. The van der Waals surface area contributed by atoms with Crippen molar-refractivity contribution in [3.63, 3.8) is 0 Å². The van der Waals surface area contributed by atoms with Crippen LogP contribution in [0.1, 0.15) is 6.42 Å². The molecule has 0 radical (unpaired) electrons. The van der Waals surface area contributed by atoms with E-state index in [1.807, 2.05) is 0 Å². The van der Waals surface area contributed by atoms with Crippen LogP contribution in [0.4, 0.5) is 5.69 Å². The highest BCUT2D eigenvalue weighted by atomic mass is 32.2. The predicted octanol–water partition coefficient (Wildman–Crippen LogP) is 0.540. The van der Waals surface area contributed by atoms with Gasteiger partial charge >= 0.3 is 0 Å². The van der Waals surface area contributed by atoms with Crippen LogP contribution in [0.3, 0.4) is 0 Å². The van der Waals surface area contributed by atoms with Crippen molar-refractivity contribution >= 4 is 15.5 Å². The van der Waals surface area contributed by atoms with Gasteiger partial charge in [0.05, 0.1) is 11.5 Å². The molecule has 16 heavy (non-hydrogen) atoms. The summed E-state index contributed by atoms with van der Waals surface area (Å²) in [6.45, 7) is 0. The number of nitrogens with two attached hydrogens (primary N) is 1. The van der Waals surface area contributed by atoms with Gasteiger partial charge in [-0.1, -0.05) is 6.07 Å². The molecule has 1 heterocycles. The SMILES string of the molecule is Nc1c(O)cccc1OC1CCS(=O)(=O)C1. The minimum absolute atomic E-state index is 0.0160. The number of benzene rings is 1. The topological polar surface area (TPSA) is 89.6 Å². The fourth-order valence-corrected chi connectivity index (χ4v) is 3.26. The van der Waals surface area contributed by atoms with E-state index in [1.54, 1.807) is 12.1 Å². The second-order valence-electron chi connectivity index (χ2n) is 3.83. The Morgan fingerprint density at radius 3 is 2.81 bits per heavy atom. The standard InChI is InChI=1S/C10H13NO4S/c11-10-8(12)2-1-3-9(10)15-7-4-5-16(13,14)6-7/h1-3,7,12H,4-6,11H2. The number of hydrogen-bond donors (Lipinski definition) is 2. The molecule has 0 amide bonds. The summed E-state index contributed by atoms with van der Waals surface area (Å²) in [5.74, 6) is 0.443. The molecule has 3 N–H and O–H groups in total. The molecule has 0 saturated carbocycles. The highest BCUT2D eigenvalue weighted by molar-refractivity contribution is 7.91. The summed E-state index contributed by atoms with van der Waals surface area (Å²) in [5.41, 5.74) is 5.75. The van der Waals surface area contributed by atoms with E-state index in [9.17, 15) is 13.5 Å². The van der Waals surface area contributed by atoms with Gasteiger partial charge in [-0.3, -0.25) is 0 Å². The van der Waals surface area contributed by atoms with Crippen LogP contribution in [0.2, 0.25) is 0 Å². The van der Waals surface area contributed by atoms with Crippen molar-refractivity contribution < 1.29 is 18.3 Å². The molecular formula is C10H13NO4S. The van der Waals surface area contributed by atoms with Crippen LogP contribution in [0.25, 0.3) is 0 Å². The Balaban J connectivity index is 2.14. The number of rotatable bonds is 2. The summed E-state index contributed by atoms with van der Waals surface area (Å²) >= 11 is 0. The maximum atomic E-state index is 11.2. The Kier molecular flexibility index (Phi) is 2.67. The summed E-state index contributed by atoms with van der Waals surface area (Å²) in [5, 5.41) is 9.35. The Hall–Kier alpha value is -1.43. The minimum Gasteiger partial charge on any atom is -0.506 e. The first-order valence-electron chi connectivity index (χ1n) is 4.92. The molecule has 1 unspecified atom stereocenters. The van der Waals surface area contributed by atoms with E-state index in [-0.39, 0.29) is 29.0 Å². The Morgan fingerprint density at radius 1 is 1.44 bits per heavy atom. The lowest BCUT2D eigenvalue weighted by Gasteiger charge is -2.14. The first-order chi connectivity index (χ1) is 7.48. The Morgan fingerprint density at radius 2 is 2.19 bits per heavy atom. The molecule has 0 bridgehead atoms. The molecule has 0 aliphatic carbocycles. The van der Waals surface area contributed by atoms with Crippen molar-refractivity contribution in [2.45, 2.75) is 12.5 Å². The summed E-state index contributed by atoms with van der Waals surface area (Å²) in [4.78, 5) is 0. The molecule has 0 spiro atoms. The number of para-hydroxylation sites is 1. The third-order valence-electron chi connectivity index (χ3n) is 2.53. The average molecular weight is 243 g/mol. The number of anilines is 1. The van der Waals surface area contributed by atoms with E-state index < -0.39 is 9.84 Å². The van der Waals surface area contributed by atoms with Gasteiger partial charge in [-0.2, -0.15) is 0 Å². The van der Waals surface area contributed by atoms with Gasteiger partial charge in [-0.15, -0.1) is 0 Å². The van der Waals surface area contributed by atoms with E-state index in [0.717, 1.165) is 0 Å². The van der Waals surface area contributed by atoms with E-state index in [2.05, 4.69) is 0 Å². The maximum Gasteiger partial charge on any atom is 0.154 e. The fraction of sp³-hybridized carbons (Fsp3) is 0.400. The van der Waals surface area contributed by atoms with E-state index >= 15 is 0 Å². The smallest absolute Gasteiger partial charge is 0.154 e. The molecule has 1 aromatic carbocycles. The molecule has 1 fully saturated rings. The van der Waals surface area contributed by atoms with Gasteiger partial charge in [0, 0.05) is 0 Å². The second-order valence-corrected chi connectivity index (χ2v) is 6.06. The molecular weight excluding hydrogens is 230 g/mol. The predicted molar refractivity (Wildman–Crippen MR) is 60.2 cm³/mol. The van der Waals surface area contributed by atoms with E-state index in [1.165, 1.54) is 6.07 Å². The van der Waals surface area contributed by atoms with Crippen LogP contribution in [0.15, 0.2) is 18.2 Å². The summed E-state index contributed by atoms with van der Waals surface area (Å²) in [6, 6.07) is 4.66. The molecule has 1 aromatic rings. The van der Waals surface area contributed by atoms with Crippen LogP contribution >= 0.6 is 0 Å². The van der Waals surface area contributed by atoms with Crippen LogP contribution in [0.5, 0.6) is 11.5 Å².